The number of hydrogen-bond acceptors (Lipinski definition) is 1. The van der Waals surface area contributed by atoms with Crippen molar-refractivity contribution in [2.75, 3.05) is 13.7 Å². The molecular formula is C12H16O. The summed E-state index contributed by atoms with van der Waals surface area (Å²) in [4.78, 5) is 0. The lowest BCUT2D eigenvalue weighted by Gasteiger charge is -2.03. The van der Waals surface area contributed by atoms with E-state index in [1.54, 1.807) is 7.11 Å². The Morgan fingerprint density at radius 3 is 2.38 bits per heavy atom. The maximum atomic E-state index is 4.96. The van der Waals surface area contributed by atoms with Gasteiger partial charge < -0.3 is 4.74 Å². The first-order chi connectivity index (χ1) is 6.25. The topological polar surface area (TPSA) is 9.23 Å². The Balaban J connectivity index is 2.87. The van der Waals surface area contributed by atoms with Crippen LogP contribution >= 0.6 is 0 Å². The molecule has 1 nitrogen and oxygen atoms in total. The lowest BCUT2D eigenvalue weighted by atomic mass is 10.0. The fourth-order valence-electron chi connectivity index (χ4n) is 1.35. The number of ether oxygens (including phenoxy) is 1. The number of rotatable bonds is 3. The van der Waals surface area contributed by atoms with Crippen LogP contribution in [0.1, 0.15) is 16.7 Å². The standard InChI is InChI=1S/C12H16O/c1-10-6-4-7-11(2)12(10)8-5-9-13-3/h4-8H,9H2,1-3H3. The van der Waals surface area contributed by atoms with E-state index in [0.717, 1.165) is 0 Å². The predicted octanol–water partition coefficient (Wildman–Crippen LogP) is 2.96. The lowest BCUT2D eigenvalue weighted by molar-refractivity contribution is 0.234. The maximum Gasteiger partial charge on any atom is 0.0646 e. The molecule has 0 amide bonds. The maximum absolute atomic E-state index is 4.96. The van der Waals surface area contributed by atoms with Crippen LogP contribution in [0.25, 0.3) is 6.08 Å². The Hall–Kier alpha value is -1.08. The quantitative estimate of drug-likeness (QED) is 0.688. The predicted molar refractivity (Wildman–Crippen MR) is 56.8 cm³/mol. The van der Waals surface area contributed by atoms with E-state index < -0.39 is 0 Å². The van der Waals surface area contributed by atoms with E-state index >= 15 is 0 Å². The molecule has 0 N–H and O–H groups in total. The van der Waals surface area contributed by atoms with Gasteiger partial charge in [-0.25, -0.2) is 0 Å². The van der Waals surface area contributed by atoms with Crippen molar-refractivity contribution < 1.29 is 4.74 Å². The van der Waals surface area contributed by atoms with Crippen LogP contribution in [-0.4, -0.2) is 13.7 Å². The van der Waals surface area contributed by atoms with E-state index in [4.69, 9.17) is 4.74 Å². The molecule has 0 spiro atoms. The summed E-state index contributed by atoms with van der Waals surface area (Å²) >= 11 is 0. The van der Waals surface area contributed by atoms with Crippen molar-refractivity contribution in [2.45, 2.75) is 13.8 Å². The van der Waals surface area contributed by atoms with Gasteiger partial charge in [0.25, 0.3) is 0 Å². The SMILES string of the molecule is COCC=Cc1c(C)cccc1C. The molecule has 0 aromatic heterocycles. The van der Waals surface area contributed by atoms with Crippen LogP contribution in [0, 0.1) is 13.8 Å². The third-order valence-corrected chi connectivity index (χ3v) is 2.09. The Morgan fingerprint density at radius 1 is 1.23 bits per heavy atom. The second kappa shape index (κ2) is 4.83. The average Bonchev–Trinajstić information content (AvgIpc) is 2.10. The van der Waals surface area contributed by atoms with E-state index in [2.05, 4.69) is 38.1 Å². The van der Waals surface area contributed by atoms with Gasteiger partial charge in [-0.1, -0.05) is 30.4 Å². The molecule has 1 rings (SSSR count). The monoisotopic (exact) mass is 176 g/mol. The second-order valence-electron chi connectivity index (χ2n) is 3.16. The Morgan fingerprint density at radius 2 is 1.85 bits per heavy atom. The van der Waals surface area contributed by atoms with Gasteiger partial charge in [-0.05, 0) is 30.5 Å². The molecule has 0 aliphatic heterocycles. The van der Waals surface area contributed by atoms with E-state index in [1.165, 1.54) is 16.7 Å². The summed E-state index contributed by atoms with van der Waals surface area (Å²) in [6.07, 6.45) is 4.16. The van der Waals surface area contributed by atoms with Gasteiger partial charge in [-0.15, -0.1) is 0 Å². The first-order valence-corrected chi connectivity index (χ1v) is 4.47. The van der Waals surface area contributed by atoms with Crippen molar-refractivity contribution in [1.29, 1.82) is 0 Å². The first kappa shape index (κ1) is 10.0. The summed E-state index contributed by atoms with van der Waals surface area (Å²) < 4.78 is 4.96. The van der Waals surface area contributed by atoms with Crippen LogP contribution < -0.4 is 0 Å². The molecule has 0 saturated carbocycles. The lowest BCUT2D eigenvalue weighted by Crippen LogP contribution is -1.86. The van der Waals surface area contributed by atoms with Crippen LogP contribution in [-0.2, 0) is 4.74 Å². The van der Waals surface area contributed by atoms with Gasteiger partial charge in [0.05, 0.1) is 6.61 Å². The van der Waals surface area contributed by atoms with Crippen LogP contribution in [0.2, 0.25) is 0 Å². The molecule has 0 heterocycles. The fourth-order valence-corrected chi connectivity index (χ4v) is 1.35. The van der Waals surface area contributed by atoms with Crippen LogP contribution in [0.15, 0.2) is 24.3 Å². The highest BCUT2D eigenvalue weighted by atomic mass is 16.5. The van der Waals surface area contributed by atoms with Crippen LogP contribution in [0.4, 0.5) is 0 Å². The summed E-state index contributed by atoms with van der Waals surface area (Å²) in [6.45, 7) is 4.92. The molecule has 1 aromatic carbocycles. The van der Waals surface area contributed by atoms with Gasteiger partial charge in [0.1, 0.15) is 0 Å². The highest BCUT2D eigenvalue weighted by molar-refractivity contribution is 5.57. The Labute approximate surface area is 80.0 Å². The zero-order valence-electron chi connectivity index (χ0n) is 8.50. The molecule has 70 valence electrons. The van der Waals surface area contributed by atoms with Gasteiger partial charge in [0.2, 0.25) is 0 Å². The van der Waals surface area contributed by atoms with E-state index in [9.17, 15) is 0 Å². The third-order valence-electron chi connectivity index (χ3n) is 2.09. The first-order valence-electron chi connectivity index (χ1n) is 4.47. The number of methoxy groups -OCH3 is 1. The average molecular weight is 176 g/mol. The molecule has 1 heteroatoms. The molecule has 0 atom stereocenters. The molecule has 0 saturated heterocycles. The normalized spacial score (nSPS) is 11.0. The van der Waals surface area contributed by atoms with Crippen LogP contribution in [0.5, 0.6) is 0 Å². The van der Waals surface area contributed by atoms with Crippen molar-refractivity contribution >= 4 is 6.08 Å². The minimum Gasteiger partial charge on any atom is -0.381 e. The molecule has 0 radical (unpaired) electrons. The summed E-state index contributed by atoms with van der Waals surface area (Å²) in [5.41, 5.74) is 3.93. The fraction of sp³-hybridized carbons (Fsp3) is 0.333. The second-order valence-corrected chi connectivity index (χ2v) is 3.16. The summed E-state index contributed by atoms with van der Waals surface area (Å²) in [7, 11) is 1.70. The molecule has 1 aromatic rings. The molecule has 0 aliphatic carbocycles. The number of benzene rings is 1. The summed E-state index contributed by atoms with van der Waals surface area (Å²) in [5, 5.41) is 0. The van der Waals surface area contributed by atoms with Gasteiger partial charge >= 0.3 is 0 Å². The molecule has 0 bridgehead atoms. The molecule has 0 aliphatic rings. The highest BCUT2D eigenvalue weighted by Crippen LogP contribution is 2.14. The zero-order chi connectivity index (χ0) is 9.68. The van der Waals surface area contributed by atoms with Gasteiger partial charge in [-0.2, -0.15) is 0 Å². The number of hydrogen-bond donors (Lipinski definition) is 0. The van der Waals surface area contributed by atoms with Crippen molar-refractivity contribution in [1.82, 2.24) is 0 Å². The molecule has 0 unspecified atom stereocenters. The minimum absolute atomic E-state index is 0.674. The van der Waals surface area contributed by atoms with Crippen LogP contribution in [0.3, 0.4) is 0 Å². The molecule has 13 heavy (non-hydrogen) atoms. The third kappa shape index (κ3) is 2.71. The van der Waals surface area contributed by atoms with Gasteiger partial charge in [-0.3, -0.25) is 0 Å². The van der Waals surface area contributed by atoms with E-state index in [-0.39, 0.29) is 0 Å². The smallest absolute Gasteiger partial charge is 0.0646 e. The van der Waals surface area contributed by atoms with E-state index in [0.29, 0.717) is 6.61 Å². The Kier molecular flexibility index (Phi) is 3.71. The van der Waals surface area contributed by atoms with E-state index in [1.807, 2.05) is 6.08 Å². The minimum atomic E-state index is 0.674. The van der Waals surface area contributed by atoms with Crippen molar-refractivity contribution in [2.24, 2.45) is 0 Å². The zero-order valence-corrected chi connectivity index (χ0v) is 8.50. The largest absolute Gasteiger partial charge is 0.381 e. The highest BCUT2D eigenvalue weighted by Gasteiger charge is 1.95. The molecular weight excluding hydrogens is 160 g/mol. The van der Waals surface area contributed by atoms with Crippen molar-refractivity contribution in [3.63, 3.8) is 0 Å². The summed E-state index contributed by atoms with van der Waals surface area (Å²) in [6, 6.07) is 6.33. The van der Waals surface area contributed by atoms with Gasteiger partial charge in [0, 0.05) is 7.11 Å². The van der Waals surface area contributed by atoms with Gasteiger partial charge in [0.15, 0.2) is 0 Å². The number of aryl methyl sites for hydroxylation is 2. The van der Waals surface area contributed by atoms with Crippen molar-refractivity contribution in [3.8, 4) is 0 Å². The summed E-state index contributed by atoms with van der Waals surface area (Å²) in [5.74, 6) is 0. The van der Waals surface area contributed by atoms with Crippen molar-refractivity contribution in [3.05, 3.63) is 41.0 Å². The molecule has 0 fully saturated rings. The Bertz CT molecular complexity index is 280.